The number of hydrogen-bond acceptors (Lipinski definition) is 4. The maximum atomic E-state index is 12.0. The highest BCUT2D eigenvalue weighted by atomic mass is 16.5. The molecule has 0 radical (unpaired) electrons. The first-order valence-electron chi connectivity index (χ1n) is 8.59. The van der Waals surface area contributed by atoms with Gasteiger partial charge in [0.1, 0.15) is 0 Å². The quantitative estimate of drug-likeness (QED) is 0.611. The molecule has 2 amide bonds. The largest absolute Gasteiger partial charge is 0.490 e. The molecule has 3 N–H and O–H groups in total. The van der Waals surface area contributed by atoms with Gasteiger partial charge in [0.25, 0.3) is 0 Å². The Hall–Kier alpha value is -1.95. The van der Waals surface area contributed by atoms with Gasteiger partial charge in [-0.05, 0) is 37.8 Å². The molecule has 0 aliphatic carbocycles. The van der Waals surface area contributed by atoms with Crippen LogP contribution in [0.5, 0.6) is 11.5 Å². The van der Waals surface area contributed by atoms with Crippen molar-refractivity contribution in [2.75, 3.05) is 25.1 Å². The Morgan fingerprint density at radius 3 is 2.33 bits per heavy atom. The van der Waals surface area contributed by atoms with Gasteiger partial charge in [0, 0.05) is 24.4 Å². The van der Waals surface area contributed by atoms with Gasteiger partial charge >= 0.3 is 6.03 Å². The van der Waals surface area contributed by atoms with E-state index in [-0.39, 0.29) is 24.6 Å². The average Bonchev–Trinajstić information content (AvgIpc) is 2.58. The average molecular weight is 338 g/mol. The normalized spacial score (nSPS) is 13.0. The van der Waals surface area contributed by atoms with Crippen molar-refractivity contribution in [1.29, 1.82) is 0 Å². The van der Waals surface area contributed by atoms with Crippen molar-refractivity contribution in [3.63, 3.8) is 0 Å². The van der Waals surface area contributed by atoms with Crippen LogP contribution >= 0.6 is 0 Å². The number of rotatable bonds is 10. The van der Waals surface area contributed by atoms with E-state index in [0.717, 1.165) is 12.8 Å². The van der Waals surface area contributed by atoms with E-state index in [0.29, 0.717) is 30.4 Å². The molecule has 2 unspecified atom stereocenters. The molecule has 2 atom stereocenters. The van der Waals surface area contributed by atoms with Crippen LogP contribution in [-0.4, -0.2) is 37.0 Å². The summed E-state index contributed by atoms with van der Waals surface area (Å²) in [4.78, 5) is 12.0. The van der Waals surface area contributed by atoms with Crippen molar-refractivity contribution in [1.82, 2.24) is 5.32 Å². The molecule has 0 spiro atoms. The van der Waals surface area contributed by atoms with Crippen molar-refractivity contribution in [2.45, 2.75) is 46.6 Å². The standard InChI is InChI=1S/C18H30N2O4/c1-5-9-23-16-8-7-15(11-17(16)24-10-6-2)20-18(22)19-14(4)13(3)12-21/h7-8,11,13-14,21H,5-6,9-10,12H2,1-4H3,(H2,19,20,22). The minimum absolute atomic E-state index is 0.0102. The molecule has 24 heavy (non-hydrogen) atoms. The maximum absolute atomic E-state index is 12.0. The molecular formula is C18H30N2O4. The predicted octanol–water partition coefficient (Wildman–Crippen LogP) is 3.40. The lowest BCUT2D eigenvalue weighted by atomic mass is 10.1. The van der Waals surface area contributed by atoms with Gasteiger partial charge in [-0.2, -0.15) is 0 Å². The fourth-order valence-corrected chi connectivity index (χ4v) is 1.92. The minimum Gasteiger partial charge on any atom is -0.490 e. The Kier molecular flexibility index (Phi) is 9.01. The zero-order chi connectivity index (χ0) is 17.9. The van der Waals surface area contributed by atoms with E-state index in [1.807, 2.05) is 27.7 Å². The first-order valence-corrected chi connectivity index (χ1v) is 8.59. The second-order valence-electron chi connectivity index (χ2n) is 5.91. The summed E-state index contributed by atoms with van der Waals surface area (Å²) < 4.78 is 11.4. The predicted molar refractivity (Wildman–Crippen MR) is 95.9 cm³/mol. The molecule has 1 rings (SSSR count). The number of aliphatic hydroxyl groups excluding tert-OH is 1. The number of benzene rings is 1. The highest BCUT2D eigenvalue weighted by Crippen LogP contribution is 2.31. The van der Waals surface area contributed by atoms with Gasteiger partial charge in [-0.15, -0.1) is 0 Å². The molecule has 0 aliphatic rings. The summed E-state index contributed by atoms with van der Waals surface area (Å²) in [7, 11) is 0. The van der Waals surface area contributed by atoms with Crippen LogP contribution in [0.2, 0.25) is 0 Å². The Balaban J connectivity index is 2.74. The van der Waals surface area contributed by atoms with E-state index in [1.165, 1.54) is 0 Å². The number of nitrogens with one attached hydrogen (secondary N) is 2. The van der Waals surface area contributed by atoms with Gasteiger partial charge in [0.05, 0.1) is 13.2 Å². The molecule has 0 bridgehead atoms. The van der Waals surface area contributed by atoms with Crippen molar-refractivity contribution in [2.24, 2.45) is 5.92 Å². The summed E-state index contributed by atoms with van der Waals surface area (Å²) in [5.41, 5.74) is 0.631. The molecule has 0 aliphatic heterocycles. The Bertz CT molecular complexity index is 508. The molecule has 136 valence electrons. The zero-order valence-corrected chi connectivity index (χ0v) is 15.1. The Morgan fingerprint density at radius 2 is 1.75 bits per heavy atom. The lowest BCUT2D eigenvalue weighted by Crippen LogP contribution is -2.40. The van der Waals surface area contributed by atoms with Crippen LogP contribution in [0.4, 0.5) is 10.5 Å². The molecule has 0 saturated carbocycles. The van der Waals surface area contributed by atoms with Gasteiger partial charge in [-0.25, -0.2) is 4.79 Å². The second-order valence-corrected chi connectivity index (χ2v) is 5.91. The van der Waals surface area contributed by atoms with Crippen LogP contribution < -0.4 is 20.1 Å². The van der Waals surface area contributed by atoms with Crippen molar-refractivity contribution >= 4 is 11.7 Å². The van der Waals surface area contributed by atoms with E-state index in [4.69, 9.17) is 14.6 Å². The van der Waals surface area contributed by atoms with E-state index in [2.05, 4.69) is 10.6 Å². The number of carbonyl (C=O) groups excluding carboxylic acids is 1. The summed E-state index contributed by atoms with van der Waals surface area (Å²) in [5, 5.41) is 14.7. The molecule has 1 aromatic carbocycles. The number of anilines is 1. The van der Waals surface area contributed by atoms with Gasteiger partial charge in [0.15, 0.2) is 11.5 Å². The first kappa shape index (κ1) is 20.1. The lowest BCUT2D eigenvalue weighted by Gasteiger charge is -2.20. The van der Waals surface area contributed by atoms with Crippen LogP contribution in [0.15, 0.2) is 18.2 Å². The SMILES string of the molecule is CCCOc1ccc(NC(=O)NC(C)C(C)CO)cc1OCCC. The first-order chi connectivity index (χ1) is 11.5. The molecular weight excluding hydrogens is 308 g/mol. The summed E-state index contributed by atoms with van der Waals surface area (Å²) in [6.07, 6.45) is 1.80. The highest BCUT2D eigenvalue weighted by Gasteiger charge is 2.14. The van der Waals surface area contributed by atoms with Crippen molar-refractivity contribution < 1.29 is 19.4 Å². The van der Waals surface area contributed by atoms with Crippen LogP contribution in [0.3, 0.4) is 0 Å². The van der Waals surface area contributed by atoms with Crippen molar-refractivity contribution in [3.05, 3.63) is 18.2 Å². The van der Waals surface area contributed by atoms with Crippen LogP contribution in [0.25, 0.3) is 0 Å². The summed E-state index contributed by atoms with van der Waals surface area (Å²) >= 11 is 0. The van der Waals surface area contributed by atoms with E-state index >= 15 is 0 Å². The lowest BCUT2D eigenvalue weighted by molar-refractivity contribution is 0.204. The minimum atomic E-state index is -0.313. The third-order valence-corrected chi connectivity index (χ3v) is 3.63. The number of urea groups is 1. The molecule has 0 aromatic heterocycles. The Labute approximate surface area is 144 Å². The van der Waals surface area contributed by atoms with Crippen LogP contribution in [0.1, 0.15) is 40.5 Å². The molecule has 1 aromatic rings. The molecule has 0 fully saturated rings. The third kappa shape index (κ3) is 6.66. The molecule has 6 heteroatoms. The number of hydrogen-bond donors (Lipinski definition) is 3. The fourth-order valence-electron chi connectivity index (χ4n) is 1.92. The maximum Gasteiger partial charge on any atom is 0.319 e. The van der Waals surface area contributed by atoms with Crippen LogP contribution in [0, 0.1) is 5.92 Å². The number of ether oxygens (including phenoxy) is 2. The number of amides is 2. The van der Waals surface area contributed by atoms with Crippen LogP contribution in [-0.2, 0) is 0 Å². The van der Waals surface area contributed by atoms with E-state index in [9.17, 15) is 4.79 Å². The zero-order valence-electron chi connectivity index (χ0n) is 15.1. The monoisotopic (exact) mass is 338 g/mol. The second kappa shape index (κ2) is 10.8. The molecule has 0 heterocycles. The van der Waals surface area contributed by atoms with E-state index in [1.54, 1.807) is 18.2 Å². The Morgan fingerprint density at radius 1 is 1.12 bits per heavy atom. The number of aliphatic hydroxyl groups is 1. The van der Waals surface area contributed by atoms with Gasteiger partial charge < -0.3 is 25.2 Å². The van der Waals surface area contributed by atoms with Crippen molar-refractivity contribution in [3.8, 4) is 11.5 Å². The van der Waals surface area contributed by atoms with Gasteiger partial charge in [-0.1, -0.05) is 20.8 Å². The fraction of sp³-hybridized carbons (Fsp3) is 0.611. The third-order valence-electron chi connectivity index (χ3n) is 3.63. The topological polar surface area (TPSA) is 79.8 Å². The molecule has 0 saturated heterocycles. The number of carbonyl (C=O) groups is 1. The molecule has 6 nitrogen and oxygen atoms in total. The smallest absolute Gasteiger partial charge is 0.319 e. The van der Waals surface area contributed by atoms with Gasteiger partial charge in [-0.3, -0.25) is 0 Å². The highest BCUT2D eigenvalue weighted by molar-refractivity contribution is 5.89. The van der Waals surface area contributed by atoms with Gasteiger partial charge in [0.2, 0.25) is 0 Å². The summed E-state index contributed by atoms with van der Waals surface area (Å²) in [6.45, 7) is 9.04. The summed E-state index contributed by atoms with van der Waals surface area (Å²) in [6, 6.07) is 4.91. The summed E-state index contributed by atoms with van der Waals surface area (Å²) in [5.74, 6) is 1.29. The van der Waals surface area contributed by atoms with E-state index < -0.39 is 0 Å².